The number of nitrogens with one attached hydrogen (secondary N) is 1. The fourth-order valence-corrected chi connectivity index (χ4v) is 3.49. The van der Waals surface area contributed by atoms with Crippen molar-refractivity contribution in [3.05, 3.63) is 41.5 Å². The summed E-state index contributed by atoms with van der Waals surface area (Å²) < 4.78 is 21.8. The predicted molar refractivity (Wildman–Crippen MR) is 97.2 cm³/mol. The molecule has 0 bridgehead atoms. The van der Waals surface area contributed by atoms with Crippen molar-refractivity contribution in [3.63, 3.8) is 0 Å². The van der Waals surface area contributed by atoms with Gasteiger partial charge in [-0.3, -0.25) is 0 Å². The van der Waals surface area contributed by atoms with Gasteiger partial charge < -0.3 is 10.1 Å². The van der Waals surface area contributed by atoms with Crippen molar-refractivity contribution in [2.45, 2.75) is 64.1 Å². The molecule has 0 radical (unpaired) electrons. The van der Waals surface area contributed by atoms with Crippen LogP contribution in [0.15, 0.2) is 24.3 Å². The molecular formula is C19H28FN5O. The Hall–Kier alpha value is -1.86. The molecule has 1 aliphatic rings. The SMILES string of the molecule is CC(NCCc1ccccc1F)(c1nnnn1C(C)(C)C)[C@H]1CCCO1. The van der Waals surface area contributed by atoms with Crippen LogP contribution in [0.5, 0.6) is 0 Å². The smallest absolute Gasteiger partial charge is 0.174 e. The van der Waals surface area contributed by atoms with Crippen LogP contribution in [-0.4, -0.2) is 39.5 Å². The number of benzene rings is 1. The zero-order valence-electron chi connectivity index (χ0n) is 16.0. The van der Waals surface area contributed by atoms with Crippen LogP contribution in [0.25, 0.3) is 0 Å². The molecule has 0 spiro atoms. The van der Waals surface area contributed by atoms with Crippen molar-refractivity contribution in [2.75, 3.05) is 13.2 Å². The monoisotopic (exact) mass is 361 g/mol. The van der Waals surface area contributed by atoms with Gasteiger partial charge >= 0.3 is 0 Å². The van der Waals surface area contributed by atoms with Gasteiger partial charge in [-0.1, -0.05) is 18.2 Å². The van der Waals surface area contributed by atoms with E-state index >= 15 is 0 Å². The molecule has 7 heteroatoms. The van der Waals surface area contributed by atoms with Crippen LogP contribution in [0, 0.1) is 5.82 Å². The Morgan fingerprint density at radius 2 is 2.04 bits per heavy atom. The maximum absolute atomic E-state index is 13.9. The van der Waals surface area contributed by atoms with Crippen LogP contribution in [-0.2, 0) is 22.2 Å². The van der Waals surface area contributed by atoms with E-state index in [0.29, 0.717) is 18.5 Å². The van der Waals surface area contributed by atoms with Gasteiger partial charge in [0.1, 0.15) is 11.4 Å². The maximum Gasteiger partial charge on any atom is 0.174 e. The zero-order chi connectivity index (χ0) is 18.8. The third-order valence-corrected chi connectivity index (χ3v) is 4.99. The van der Waals surface area contributed by atoms with Crippen LogP contribution in [0.3, 0.4) is 0 Å². The standard InChI is InChI=1S/C19H28FN5O/c1-18(2,3)25-17(22-23-24-25)19(4,16-10-7-13-26-16)21-12-11-14-8-5-6-9-15(14)20/h5-6,8-9,16,21H,7,10-13H2,1-4H3/t16-,19?/m1/s1. The summed E-state index contributed by atoms with van der Waals surface area (Å²) in [6, 6.07) is 6.88. The molecule has 142 valence electrons. The molecule has 3 rings (SSSR count). The highest BCUT2D eigenvalue weighted by molar-refractivity contribution is 5.18. The molecular weight excluding hydrogens is 333 g/mol. The minimum Gasteiger partial charge on any atom is -0.376 e. The number of halogens is 1. The number of tetrazole rings is 1. The third kappa shape index (κ3) is 3.78. The van der Waals surface area contributed by atoms with Gasteiger partial charge in [-0.25, -0.2) is 9.07 Å². The quantitative estimate of drug-likeness (QED) is 0.857. The first-order chi connectivity index (χ1) is 12.3. The van der Waals surface area contributed by atoms with E-state index in [4.69, 9.17) is 4.74 Å². The first-order valence-electron chi connectivity index (χ1n) is 9.22. The molecule has 1 saturated heterocycles. The van der Waals surface area contributed by atoms with Gasteiger partial charge in [-0.2, -0.15) is 0 Å². The largest absolute Gasteiger partial charge is 0.376 e. The second-order valence-corrected chi connectivity index (χ2v) is 8.06. The van der Waals surface area contributed by atoms with Crippen LogP contribution in [0.2, 0.25) is 0 Å². The third-order valence-electron chi connectivity index (χ3n) is 4.99. The average molecular weight is 361 g/mol. The van der Waals surface area contributed by atoms with Crippen LogP contribution < -0.4 is 5.32 Å². The Morgan fingerprint density at radius 3 is 2.69 bits per heavy atom. The fraction of sp³-hybridized carbons (Fsp3) is 0.632. The molecule has 26 heavy (non-hydrogen) atoms. The lowest BCUT2D eigenvalue weighted by molar-refractivity contribution is 0.0256. The number of aromatic nitrogens is 4. The minimum absolute atomic E-state index is 0.0183. The van der Waals surface area contributed by atoms with Crippen molar-refractivity contribution in [3.8, 4) is 0 Å². The van der Waals surface area contributed by atoms with Gasteiger partial charge in [-0.05, 0) is 69.0 Å². The lowest BCUT2D eigenvalue weighted by atomic mass is 9.90. The van der Waals surface area contributed by atoms with Crippen LogP contribution in [0.4, 0.5) is 4.39 Å². The zero-order valence-corrected chi connectivity index (χ0v) is 16.0. The number of hydrogen-bond donors (Lipinski definition) is 1. The Labute approximate surface area is 154 Å². The van der Waals surface area contributed by atoms with E-state index in [2.05, 4.69) is 48.5 Å². The summed E-state index contributed by atoms with van der Waals surface area (Å²) in [6.07, 6.45) is 2.54. The summed E-state index contributed by atoms with van der Waals surface area (Å²) in [5.74, 6) is 0.582. The van der Waals surface area contributed by atoms with Gasteiger partial charge in [0, 0.05) is 13.2 Å². The van der Waals surface area contributed by atoms with Crippen molar-refractivity contribution in [1.82, 2.24) is 25.5 Å². The normalized spacial score (nSPS) is 20.3. The summed E-state index contributed by atoms with van der Waals surface area (Å²) in [5, 5.41) is 16.0. The number of rotatable bonds is 6. The summed E-state index contributed by atoms with van der Waals surface area (Å²) in [7, 11) is 0. The lowest BCUT2D eigenvalue weighted by Gasteiger charge is -2.36. The number of hydrogen-bond acceptors (Lipinski definition) is 5. The topological polar surface area (TPSA) is 64.9 Å². The first-order valence-corrected chi connectivity index (χ1v) is 9.22. The maximum atomic E-state index is 13.9. The van der Waals surface area contributed by atoms with Crippen molar-refractivity contribution in [2.24, 2.45) is 0 Å². The molecule has 2 heterocycles. The Balaban J connectivity index is 1.83. The fourth-order valence-electron chi connectivity index (χ4n) is 3.49. The minimum atomic E-state index is -0.543. The summed E-state index contributed by atoms with van der Waals surface area (Å²) >= 11 is 0. The Bertz CT molecular complexity index is 736. The molecule has 1 fully saturated rings. The highest BCUT2D eigenvalue weighted by Gasteiger charge is 2.44. The van der Waals surface area contributed by atoms with Gasteiger partial charge in [-0.15, -0.1) is 5.10 Å². The Kier molecular flexibility index (Phi) is 5.39. The van der Waals surface area contributed by atoms with E-state index in [1.54, 1.807) is 6.07 Å². The van der Waals surface area contributed by atoms with Crippen molar-refractivity contribution >= 4 is 0 Å². The highest BCUT2D eigenvalue weighted by atomic mass is 19.1. The molecule has 0 saturated carbocycles. The van der Waals surface area contributed by atoms with Gasteiger partial charge in [0.2, 0.25) is 0 Å². The summed E-state index contributed by atoms with van der Waals surface area (Å²) in [5.41, 5.74) is -0.0881. The van der Waals surface area contributed by atoms with Gasteiger partial charge in [0.25, 0.3) is 0 Å². The van der Waals surface area contributed by atoms with Crippen molar-refractivity contribution in [1.29, 1.82) is 0 Å². The predicted octanol–water partition coefficient (Wildman–Crippen LogP) is 2.79. The number of ether oxygens (including phenoxy) is 1. The molecule has 0 amide bonds. The van der Waals surface area contributed by atoms with Crippen LogP contribution >= 0.6 is 0 Å². The molecule has 1 N–H and O–H groups in total. The molecule has 6 nitrogen and oxygen atoms in total. The lowest BCUT2D eigenvalue weighted by Crippen LogP contribution is -2.52. The van der Waals surface area contributed by atoms with Gasteiger partial charge in [0.05, 0.1) is 11.6 Å². The summed E-state index contributed by atoms with van der Waals surface area (Å²) in [6.45, 7) is 9.64. The van der Waals surface area contributed by atoms with E-state index in [1.807, 2.05) is 16.8 Å². The van der Waals surface area contributed by atoms with Gasteiger partial charge in [0.15, 0.2) is 5.82 Å². The van der Waals surface area contributed by atoms with E-state index in [9.17, 15) is 4.39 Å². The van der Waals surface area contributed by atoms with E-state index in [1.165, 1.54) is 6.07 Å². The van der Waals surface area contributed by atoms with Crippen LogP contribution in [0.1, 0.15) is 51.9 Å². The van der Waals surface area contributed by atoms with E-state index in [-0.39, 0.29) is 17.5 Å². The van der Waals surface area contributed by atoms with Crippen molar-refractivity contribution < 1.29 is 9.13 Å². The first kappa shape index (κ1) is 18.9. The molecule has 1 aromatic heterocycles. The molecule has 1 aromatic carbocycles. The highest BCUT2D eigenvalue weighted by Crippen LogP contribution is 2.33. The second-order valence-electron chi connectivity index (χ2n) is 8.06. The molecule has 2 aromatic rings. The number of nitrogens with zero attached hydrogens (tertiary/aromatic N) is 4. The molecule has 1 aliphatic heterocycles. The average Bonchev–Trinajstić information content (AvgIpc) is 3.28. The molecule has 0 aliphatic carbocycles. The summed E-state index contributed by atoms with van der Waals surface area (Å²) in [4.78, 5) is 0. The van der Waals surface area contributed by atoms with E-state index in [0.717, 1.165) is 25.3 Å². The molecule has 1 unspecified atom stereocenters. The van der Waals surface area contributed by atoms with E-state index < -0.39 is 5.54 Å². The molecule has 2 atom stereocenters. The second kappa shape index (κ2) is 7.40. The Morgan fingerprint density at radius 1 is 1.27 bits per heavy atom.